The van der Waals surface area contributed by atoms with Gasteiger partial charge in [-0.3, -0.25) is 9.69 Å². The number of anilines is 1. The van der Waals surface area contributed by atoms with Gasteiger partial charge in [-0.15, -0.1) is 0 Å². The quantitative estimate of drug-likeness (QED) is 0.681. The van der Waals surface area contributed by atoms with Crippen LogP contribution < -0.4 is 10.1 Å². The first kappa shape index (κ1) is 21.0. The summed E-state index contributed by atoms with van der Waals surface area (Å²) in [5, 5.41) is 2.98. The number of nitrogens with one attached hydrogen (secondary N) is 1. The second-order valence-corrected chi connectivity index (χ2v) is 6.86. The van der Waals surface area contributed by atoms with E-state index in [0.29, 0.717) is 6.42 Å². The number of amides is 1. The van der Waals surface area contributed by atoms with E-state index in [-0.39, 0.29) is 5.91 Å². The Bertz CT molecular complexity index is 737. The number of benzene rings is 2. The largest absolute Gasteiger partial charge is 0.480 e. The van der Waals surface area contributed by atoms with Crippen molar-refractivity contribution in [3.8, 4) is 5.75 Å². The highest BCUT2D eigenvalue weighted by molar-refractivity contribution is 5.94. The fourth-order valence-electron chi connectivity index (χ4n) is 2.95. The highest BCUT2D eigenvalue weighted by Crippen LogP contribution is 2.23. The Morgan fingerprint density at radius 1 is 1.04 bits per heavy atom. The van der Waals surface area contributed by atoms with Crippen molar-refractivity contribution in [3.63, 3.8) is 0 Å². The van der Waals surface area contributed by atoms with Gasteiger partial charge in [-0.2, -0.15) is 0 Å². The van der Waals surface area contributed by atoms with Crippen molar-refractivity contribution >= 4 is 11.6 Å². The zero-order chi connectivity index (χ0) is 19.8. The first-order valence-corrected chi connectivity index (χ1v) is 9.83. The molecule has 4 heteroatoms. The molecule has 1 amide bonds. The van der Waals surface area contributed by atoms with Crippen LogP contribution >= 0.6 is 0 Å². The third-order valence-electron chi connectivity index (χ3n) is 5.01. The second-order valence-electron chi connectivity index (χ2n) is 6.86. The number of hydrogen-bond acceptors (Lipinski definition) is 3. The number of carbonyl (C=O) groups excluding carboxylic acids is 1. The fourth-order valence-corrected chi connectivity index (χ4v) is 2.95. The van der Waals surface area contributed by atoms with Crippen molar-refractivity contribution in [1.29, 1.82) is 0 Å². The molecular weight excluding hydrogens is 336 g/mol. The summed E-state index contributed by atoms with van der Waals surface area (Å²) in [6, 6.07) is 14.0. The van der Waals surface area contributed by atoms with Gasteiger partial charge in [-0.25, -0.2) is 0 Å². The van der Waals surface area contributed by atoms with Crippen molar-refractivity contribution < 1.29 is 9.53 Å². The summed E-state index contributed by atoms with van der Waals surface area (Å²) in [6.07, 6.45) is 0.0973. The highest BCUT2D eigenvalue weighted by atomic mass is 16.5. The molecule has 2 aromatic carbocycles. The molecule has 0 spiro atoms. The van der Waals surface area contributed by atoms with Gasteiger partial charge >= 0.3 is 0 Å². The summed E-state index contributed by atoms with van der Waals surface area (Å²) in [6.45, 7) is 13.3. The third kappa shape index (κ3) is 5.83. The Morgan fingerprint density at radius 3 is 2.30 bits per heavy atom. The third-order valence-corrected chi connectivity index (χ3v) is 5.01. The standard InChI is InChI=1S/C23H32N2O2/c1-6-21(27-22-11-9-10-17(4)18(22)5)23(26)24-20-14-12-19(13-15-20)16-25(7-2)8-3/h9-15,21H,6-8,16H2,1-5H3,(H,24,26). The summed E-state index contributed by atoms with van der Waals surface area (Å²) in [5.74, 6) is 0.654. The van der Waals surface area contributed by atoms with Gasteiger partial charge in [0, 0.05) is 12.2 Å². The van der Waals surface area contributed by atoms with Gasteiger partial charge in [0.1, 0.15) is 5.75 Å². The summed E-state index contributed by atoms with van der Waals surface area (Å²) in [7, 11) is 0. The molecule has 0 bridgehead atoms. The lowest BCUT2D eigenvalue weighted by atomic mass is 10.1. The molecule has 27 heavy (non-hydrogen) atoms. The second kappa shape index (κ2) is 10.1. The minimum absolute atomic E-state index is 0.116. The average Bonchev–Trinajstić information content (AvgIpc) is 2.68. The zero-order valence-electron chi connectivity index (χ0n) is 17.2. The van der Waals surface area contributed by atoms with Crippen LogP contribution in [-0.2, 0) is 11.3 Å². The SMILES string of the molecule is CCC(Oc1cccc(C)c1C)C(=O)Nc1ccc(CN(CC)CC)cc1. The highest BCUT2D eigenvalue weighted by Gasteiger charge is 2.19. The van der Waals surface area contributed by atoms with E-state index in [2.05, 4.69) is 36.2 Å². The molecule has 0 aromatic heterocycles. The van der Waals surface area contributed by atoms with Crippen LogP contribution in [0.5, 0.6) is 5.75 Å². The van der Waals surface area contributed by atoms with E-state index in [9.17, 15) is 4.79 Å². The van der Waals surface area contributed by atoms with Gasteiger partial charge in [-0.1, -0.05) is 45.0 Å². The summed E-state index contributed by atoms with van der Waals surface area (Å²) < 4.78 is 6.00. The molecule has 4 nitrogen and oxygen atoms in total. The number of hydrogen-bond donors (Lipinski definition) is 1. The van der Waals surface area contributed by atoms with E-state index in [4.69, 9.17) is 4.74 Å². The molecule has 0 fully saturated rings. The summed E-state index contributed by atoms with van der Waals surface area (Å²) in [5.41, 5.74) is 4.28. The van der Waals surface area contributed by atoms with Crippen LogP contribution in [0.3, 0.4) is 0 Å². The first-order chi connectivity index (χ1) is 13.0. The van der Waals surface area contributed by atoms with Crippen molar-refractivity contribution in [3.05, 3.63) is 59.2 Å². The molecule has 2 rings (SSSR count). The first-order valence-electron chi connectivity index (χ1n) is 9.83. The molecular formula is C23H32N2O2. The van der Waals surface area contributed by atoms with Crippen molar-refractivity contribution in [1.82, 2.24) is 4.90 Å². The van der Waals surface area contributed by atoms with Gasteiger partial charge in [-0.05, 0) is 68.2 Å². The van der Waals surface area contributed by atoms with E-state index in [1.165, 1.54) is 5.56 Å². The molecule has 146 valence electrons. The maximum atomic E-state index is 12.7. The van der Waals surface area contributed by atoms with Gasteiger partial charge < -0.3 is 10.1 Å². The Balaban J connectivity index is 2.00. The van der Waals surface area contributed by atoms with Crippen LogP contribution in [0.4, 0.5) is 5.69 Å². The lowest BCUT2D eigenvalue weighted by Crippen LogP contribution is -2.32. The van der Waals surface area contributed by atoms with Gasteiger partial charge in [0.05, 0.1) is 0 Å². The molecule has 0 radical (unpaired) electrons. The molecule has 0 aliphatic carbocycles. The van der Waals surface area contributed by atoms with Crippen LogP contribution in [0.25, 0.3) is 0 Å². The van der Waals surface area contributed by atoms with E-state index in [0.717, 1.165) is 42.2 Å². The van der Waals surface area contributed by atoms with E-state index >= 15 is 0 Å². The van der Waals surface area contributed by atoms with Gasteiger partial charge in [0.2, 0.25) is 0 Å². The Kier molecular flexibility index (Phi) is 7.86. The zero-order valence-corrected chi connectivity index (χ0v) is 17.2. The van der Waals surface area contributed by atoms with Crippen LogP contribution in [0.1, 0.15) is 43.9 Å². The van der Waals surface area contributed by atoms with Gasteiger partial charge in [0.25, 0.3) is 5.91 Å². The van der Waals surface area contributed by atoms with Crippen LogP contribution in [-0.4, -0.2) is 30.0 Å². The lowest BCUT2D eigenvalue weighted by molar-refractivity contribution is -0.122. The molecule has 1 N–H and O–H groups in total. The molecule has 1 atom stereocenters. The van der Waals surface area contributed by atoms with E-state index < -0.39 is 6.10 Å². The van der Waals surface area contributed by atoms with Gasteiger partial charge in [0.15, 0.2) is 6.10 Å². The molecule has 0 saturated heterocycles. The smallest absolute Gasteiger partial charge is 0.265 e. The maximum absolute atomic E-state index is 12.7. The van der Waals surface area contributed by atoms with E-state index in [1.807, 2.05) is 51.1 Å². The number of aryl methyl sites for hydroxylation is 1. The van der Waals surface area contributed by atoms with Crippen LogP contribution in [0.15, 0.2) is 42.5 Å². The minimum Gasteiger partial charge on any atom is -0.480 e. The number of carbonyl (C=O) groups is 1. The molecule has 0 heterocycles. The van der Waals surface area contributed by atoms with Crippen molar-refractivity contribution in [2.45, 2.75) is 53.7 Å². The lowest BCUT2D eigenvalue weighted by Gasteiger charge is -2.20. The predicted octanol–water partition coefficient (Wildman–Crippen LogP) is 4.94. The normalized spacial score (nSPS) is 12.1. The number of rotatable bonds is 9. The Morgan fingerprint density at radius 2 is 1.70 bits per heavy atom. The molecule has 1 unspecified atom stereocenters. The van der Waals surface area contributed by atoms with E-state index in [1.54, 1.807) is 0 Å². The molecule has 2 aromatic rings. The Hall–Kier alpha value is -2.33. The monoisotopic (exact) mass is 368 g/mol. The van der Waals surface area contributed by atoms with Crippen molar-refractivity contribution in [2.24, 2.45) is 0 Å². The molecule has 0 saturated carbocycles. The fraction of sp³-hybridized carbons (Fsp3) is 0.435. The molecule has 0 aliphatic rings. The number of nitrogens with zero attached hydrogens (tertiary/aromatic N) is 1. The minimum atomic E-state index is -0.513. The topological polar surface area (TPSA) is 41.6 Å². The predicted molar refractivity (Wildman–Crippen MR) is 112 cm³/mol. The number of ether oxygens (including phenoxy) is 1. The molecule has 0 aliphatic heterocycles. The van der Waals surface area contributed by atoms with Crippen molar-refractivity contribution in [2.75, 3.05) is 18.4 Å². The summed E-state index contributed by atoms with van der Waals surface area (Å²) in [4.78, 5) is 15.0. The van der Waals surface area contributed by atoms with Crippen LogP contribution in [0, 0.1) is 13.8 Å². The average molecular weight is 369 g/mol. The van der Waals surface area contributed by atoms with Crippen LogP contribution in [0.2, 0.25) is 0 Å². The Labute approximate surface area is 163 Å². The maximum Gasteiger partial charge on any atom is 0.265 e. The summed E-state index contributed by atoms with van der Waals surface area (Å²) >= 11 is 0.